The Hall–Kier alpha value is -3.48. The number of likely N-dealkylation sites (tertiary alicyclic amines) is 1. The number of pyridine rings is 1. The molecule has 31 heavy (non-hydrogen) atoms. The lowest BCUT2D eigenvalue weighted by molar-refractivity contribution is 0.0793. The van der Waals surface area contributed by atoms with Crippen LogP contribution >= 0.6 is 0 Å². The molecule has 7 heteroatoms. The predicted octanol–water partition coefficient (Wildman–Crippen LogP) is 3.23. The van der Waals surface area contributed by atoms with Crippen LogP contribution in [-0.2, 0) is 19.5 Å². The molecule has 1 amide bonds. The first kappa shape index (κ1) is 19.5. The average molecular weight is 415 g/mol. The molecular formula is C24H25N5O2. The van der Waals surface area contributed by atoms with Crippen LogP contribution in [0.25, 0.3) is 0 Å². The second-order valence-electron chi connectivity index (χ2n) is 8.01. The summed E-state index contributed by atoms with van der Waals surface area (Å²) in [7, 11) is 1.66. The molecule has 0 atom stereocenters. The van der Waals surface area contributed by atoms with E-state index in [2.05, 4.69) is 14.9 Å². The molecule has 0 saturated carbocycles. The Morgan fingerprint density at radius 2 is 1.87 bits per heavy atom. The highest BCUT2D eigenvalue weighted by molar-refractivity contribution is 5.99. The van der Waals surface area contributed by atoms with E-state index in [0.29, 0.717) is 25.1 Å². The summed E-state index contributed by atoms with van der Waals surface area (Å²) in [5, 5.41) is 0. The van der Waals surface area contributed by atoms with Crippen molar-refractivity contribution in [3.63, 3.8) is 0 Å². The number of benzene rings is 1. The van der Waals surface area contributed by atoms with Gasteiger partial charge in [0, 0.05) is 44.0 Å². The fraction of sp³-hybridized carbons (Fsp3) is 0.333. The molecule has 0 aliphatic carbocycles. The summed E-state index contributed by atoms with van der Waals surface area (Å²) in [6, 6.07) is 11.7. The minimum Gasteiger partial charge on any atom is -0.497 e. The van der Waals surface area contributed by atoms with E-state index in [1.165, 1.54) is 0 Å². The lowest BCUT2D eigenvalue weighted by Crippen LogP contribution is -2.30. The molecule has 2 aromatic heterocycles. The van der Waals surface area contributed by atoms with E-state index in [1.54, 1.807) is 13.3 Å². The summed E-state index contributed by atoms with van der Waals surface area (Å²) >= 11 is 0. The maximum atomic E-state index is 13.0. The molecule has 0 unspecified atom stereocenters. The summed E-state index contributed by atoms with van der Waals surface area (Å²) in [5.74, 6) is 2.43. The molecule has 5 rings (SSSR count). The van der Waals surface area contributed by atoms with Crippen LogP contribution in [0.2, 0.25) is 0 Å². The molecule has 0 radical (unpaired) electrons. The van der Waals surface area contributed by atoms with Crippen LogP contribution in [0.3, 0.4) is 0 Å². The van der Waals surface area contributed by atoms with E-state index in [0.717, 1.165) is 60.1 Å². The van der Waals surface area contributed by atoms with Crippen LogP contribution < -0.4 is 9.64 Å². The van der Waals surface area contributed by atoms with Gasteiger partial charge < -0.3 is 14.5 Å². The van der Waals surface area contributed by atoms with Crippen molar-refractivity contribution in [3.05, 3.63) is 77.0 Å². The molecule has 7 nitrogen and oxygen atoms in total. The van der Waals surface area contributed by atoms with E-state index < -0.39 is 0 Å². The highest BCUT2D eigenvalue weighted by Gasteiger charge is 2.28. The van der Waals surface area contributed by atoms with Crippen LogP contribution in [0.4, 0.5) is 5.82 Å². The molecule has 158 valence electrons. The Bertz CT molecular complexity index is 1090. The van der Waals surface area contributed by atoms with Crippen LogP contribution in [-0.4, -0.2) is 46.0 Å². The summed E-state index contributed by atoms with van der Waals surface area (Å²) in [5.41, 5.74) is 3.90. The summed E-state index contributed by atoms with van der Waals surface area (Å²) in [4.78, 5) is 31.0. The van der Waals surface area contributed by atoms with Gasteiger partial charge in [-0.1, -0.05) is 12.1 Å². The molecule has 1 fully saturated rings. The lowest BCUT2D eigenvalue weighted by atomic mass is 10.1. The van der Waals surface area contributed by atoms with Gasteiger partial charge in [0.2, 0.25) is 0 Å². The van der Waals surface area contributed by atoms with Crippen molar-refractivity contribution in [1.82, 2.24) is 19.9 Å². The van der Waals surface area contributed by atoms with Gasteiger partial charge in [0.1, 0.15) is 17.4 Å². The van der Waals surface area contributed by atoms with E-state index in [9.17, 15) is 4.79 Å². The highest BCUT2D eigenvalue weighted by atomic mass is 16.5. The number of carbonyl (C=O) groups is 1. The number of ether oxygens (including phenoxy) is 1. The number of methoxy groups -OCH3 is 1. The van der Waals surface area contributed by atoms with Crippen molar-refractivity contribution in [2.45, 2.75) is 32.4 Å². The molecule has 0 bridgehead atoms. The van der Waals surface area contributed by atoms with Crippen molar-refractivity contribution in [2.75, 3.05) is 25.1 Å². The maximum Gasteiger partial charge on any atom is 0.257 e. The number of fused-ring (bicyclic) bond motifs is 1. The van der Waals surface area contributed by atoms with Crippen LogP contribution in [0, 0.1) is 0 Å². The highest BCUT2D eigenvalue weighted by Crippen LogP contribution is 2.29. The van der Waals surface area contributed by atoms with Gasteiger partial charge in [0.05, 0.1) is 24.9 Å². The zero-order valence-electron chi connectivity index (χ0n) is 17.6. The molecule has 2 aliphatic rings. The first-order valence-corrected chi connectivity index (χ1v) is 10.7. The van der Waals surface area contributed by atoms with E-state index >= 15 is 0 Å². The molecule has 0 spiro atoms. The SMILES string of the molecule is COc1ccc(Cc2ncc3c(n2)CN(c2ncccc2C(=O)N2CCCC2)C3)cc1. The fourth-order valence-electron chi connectivity index (χ4n) is 4.26. The van der Waals surface area contributed by atoms with Crippen molar-refractivity contribution >= 4 is 11.7 Å². The van der Waals surface area contributed by atoms with Crippen LogP contribution in [0.1, 0.15) is 45.8 Å². The zero-order valence-corrected chi connectivity index (χ0v) is 17.6. The normalized spacial score (nSPS) is 15.3. The number of hydrogen-bond acceptors (Lipinski definition) is 6. The van der Waals surface area contributed by atoms with Gasteiger partial charge >= 0.3 is 0 Å². The zero-order chi connectivity index (χ0) is 21.2. The first-order valence-electron chi connectivity index (χ1n) is 10.7. The van der Waals surface area contributed by atoms with Gasteiger partial charge in [0.15, 0.2) is 0 Å². The molecule has 1 aromatic carbocycles. The minimum absolute atomic E-state index is 0.0721. The monoisotopic (exact) mass is 415 g/mol. The summed E-state index contributed by atoms with van der Waals surface area (Å²) < 4.78 is 5.22. The van der Waals surface area contributed by atoms with E-state index in [4.69, 9.17) is 9.72 Å². The predicted molar refractivity (Wildman–Crippen MR) is 117 cm³/mol. The van der Waals surface area contributed by atoms with Gasteiger partial charge in [-0.2, -0.15) is 0 Å². The number of nitrogens with zero attached hydrogens (tertiary/aromatic N) is 5. The Kier molecular flexibility index (Phi) is 5.24. The van der Waals surface area contributed by atoms with Gasteiger partial charge in [-0.3, -0.25) is 4.79 Å². The number of aromatic nitrogens is 3. The standard InChI is InChI=1S/C24H25N5O2/c1-31-19-8-6-17(7-9-19)13-22-26-14-18-15-29(16-21(18)27-22)23-20(5-4-10-25-23)24(30)28-11-2-3-12-28/h4-10,14H,2-3,11-13,15-16H2,1H3. The Morgan fingerprint density at radius 1 is 1.06 bits per heavy atom. The van der Waals surface area contributed by atoms with Gasteiger partial charge in [-0.15, -0.1) is 0 Å². The number of rotatable bonds is 5. The molecule has 2 aliphatic heterocycles. The topological polar surface area (TPSA) is 71.5 Å². The number of hydrogen-bond donors (Lipinski definition) is 0. The van der Waals surface area contributed by atoms with Crippen molar-refractivity contribution < 1.29 is 9.53 Å². The van der Waals surface area contributed by atoms with Crippen molar-refractivity contribution in [2.24, 2.45) is 0 Å². The number of carbonyl (C=O) groups excluding carboxylic acids is 1. The Morgan fingerprint density at radius 3 is 2.65 bits per heavy atom. The number of amides is 1. The molecule has 4 heterocycles. The van der Waals surface area contributed by atoms with Crippen molar-refractivity contribution in [1.29, 1.82) is 0 Å². The minimum atomic E-state index is 0.0721. The molecule has 0 N–H and O–H groups in total. The van der Waals surface area contributed by atoms with Crippen molar-refractivity contribution in [3.8, 4) is 5.75 Å². The van der Waals surface area contributed by atoms with E-state index in [-0.39, 0.29) is 5.91 Å². The average Bonchev–Trinajstić information content (AvgIpc) is 3.49. The van der Waals surface area contributed by atoms with Gasteiger partial charge in [0.25, 0.3) is 5.91 Å². The second-order valence-corrected chi connectivity index (χ2v) is 8.01. The number of anilines is 1. The first-order chi connectivity index (χ1) is 15.2. The third-order valence-corrected chi connectivity index (χ3v) is 5.94. The molecule has 3 aromatic rings. The van der Waals surface area contributed by atoms with Crippen LogP contribution in [0.5, 0.6) is 5.75 Å². The summed E-state index contributed by atoms with van der Waals surface area (Å²) in [6.45, 7) is 2.95. The lowest BCUT2D eigenvalue weighted by Gasteiger charge is -2.22. The Balaban J connectivity index is 1.34. The smallest absolute Gasteiger partial charge is 0.257 e. The van der Waals surface area contributed by atoms with Gasteiger partial charge in [-0.05, 0) is 42.7 Å². The third-order valence-electron chi connectivity index (χ3n) is 5.94. The summed E-state index contributed by atoms with van der Waals surface area (Å²) in [6.07, 6.45) is 6.47. The van der Waals surface area contributed by atoms with E-state index in [1.807, 2.05) is 47.5 Å². The quantitative estimate of drug-likeness (QED) is 0.637. The second kappa shape index (κ2) is 8.34. The molecule has 1 saturated heterocycles. The third kappa shape index (κ3) is 3.95. The fourth-order valence-corrected chi connectivity index (χ4v) is 4.26. The van der Waals surface area contributed by atoms with Crippen LogP contribution in [0.15, 0.2) is 48.8 Å². The largest absolute Gasteiger partial charge is 0.497 e. The Labute approximate surface area is 181 Å². The molecular weight excluding hydrogens is 390 g/mol. The maximum absolute atomic E-state index is 13.0. The van der Waals surface area contributed by atoms with Gasteiger partial charge in [-0.25, -0.2) is 15.0 Å².